The summed E-state index contributed by atoms with van der Waals surface area (Å²) >= 11 is 0. The van der Waals surface area contributed by atoms with Crippen LogP contribution in [-0.4, -0.2) is 24.8 Å². The Bertz CT molecular complexity index is 645. The third-order valence-corrected chi connectivity index (χ3v) is 2.95. The molecule has 0 aromatic heterocycles. The van der Waals surface area contributed by atoms with Crippen molar-refractivity contribution in [3.8, 4) is 0 Å². The zero-order chi connectivity index (χ0) is 17.8. The Morgan fingerprint density at radius 3 is 2.26 bits per heavy atom. The van der Waals surface area contributed by atoms with Crippen molar-refractivity contribution < 1.29 is 23.5 Å². The number of alkyl carbamates (subject to hydrolysis) is 1. The third-order valence-electron chi connectivity index (χ3n) is 2.95. The third kappa shape index (κ3) is 5.73. The van der Waals surface area contributed by atoms with E-state index in [1.165, 1.54) is 19.3 Å². The zero-order valence-corrected chi connectivity index (χ0v) is 14.2. The molecular weight excluding hydrogens is 301 g/mol. The molecule has 1 rings (SSSR count). The van der Waals surface area contributed by atoms with Crippen LogP contribution >= 0.6 is 0 Å². The molecule has 0 bridgehead atoms. The summed E-state index contributed by atoms with van der Waals surface area (Å²) in [6.07, 6.45) is 0.399. The van der Waals surface area contributed by atoms with Crippen LogP contribution in [0.15, 0.2) is 17.8 Å². The Hall–Kier alpha value is -2.37. The fourth-order valence-electron chi connectivity index (χ4n) is 1.74. The first-order chi connectivity index (χ1) is 10.5. The Morgan fingerprint density at radius 1 is 1.17 bits per heavy atom. The number of methoxy groups -OCH3 is 1. The SMILES string of the molecule is COC(=O)/C(=C/c1cc(C)c(C)cc1F)NC(=O)OC(C)(C)C. The van der Waals surface area contributed by atoms with E-state index in [2.05, 4.69) is 10.1 Å². The van der Waals surface area contributed by atoms with Crippen molar-refractivity contribution in [2.24, 2.45) is 0 Å². The van der Waals surface area contributed by atoms with Crippen LogP contribution in [-0.2, 0) is 14.3 Å². The highest BCUT2D eigenvalue weighted by atomic mass is 19.1. The molecular formula is C17H22FNO4. The second kappa shape index (κ2) is 7.26. The first kappa shape index (κ1) is 18.7. The number of aryl methyl sites for hydroxylation is 2. The molecule has 1 aromatic carbocycles. The standard InChI is InChI=1S/C17H22FNO4/c1-10-7-12(13(18)8-11(10)2)9-14(15(20)22-6)19-16(21)23-17(3,4)5/h7-9H,1-6H3,(H,19,21)/b14-9-. The van der Waals surface area contributed by atoms with Crippen LogP contribution < -0.4 is 5.32 Å². The predicted octanol–water partition coefficient (Wildman–Crippen LogP) is 3.48. The van der Waals surface area contributed by atoms with Gasteiger partial charge in [0.1, 0.15) is 17.1 Å². The number of carbonyl (C=O) groups excluding carboxylic acids is 2. The van der Waals surface area contributed by atoms with E-state index in [1.807, 2.05) is 6.92 Å². The molecule has 0 fully saturated rings. The summed E-state index contributed by atoms with van der Waals surface area (Å²) in [6, 6.07) is 2.95. The van der Waals surface area contributed by atoms with Crippen molar-refractivity contribution in [3.05, 3.63) is 40.3 Å². The molecule has 0 aliphatic carbocycles. The van der Waals surface area contributed by atoms with Gasteiger partial charge in [0.15, 0.2) is 0 Å². The molecule has 0 saturated carbocycles. The summed E-state index contributed by atoms with van der Waals surface area (Å²) in [4.78, 5) is 23.6. The van der Waals surface area contributed by atoms with Gasteiger partial charge in [-0.3, -0.25) is 5.32 Å². The lowest BCUT2D eigenvalue weighted by atomic mass is 10.0. The summed E-state index contributed by atoms with van der Waals surface area (Å²) in [6.45, 7) is 8.68. The number of nitrogens with one attached hydrogen (secondary N) is 1. The van der Waals surface area contributed by atoms with Gasteiger partial charge in [0, 0.05) is 5.56 Å². The maximum atomic E-state index is 14.0. The van der Waals surface area contributed by atoms with Crippen molar-refractivity contribution in [1.82, 2.24) is 5.32 Å². The lowest BCUT2D eigenvalue weighted by Gasteiger charge is -2.20. The van der Waals surface area contributed by atoms with Crippen molar-refractivity contribution in [2.75, 3.05) is 7.11 Å². The molecule has 23 heavy (non-hydrogen) atoms. The zero-order valence-electron chi connectivity index (χ0n) is 14.2. The molecule has 0 unspecified atom stereocenters. The molecule has 0 radical (unpaired) electrons. The predicted molar refractivity (Wildman–Crippen MR) is 85.2 cm³/mol. The molecule has 5 nitrogen and oxygen atoms in total. The molecule has 1 amide bonds. The maximum Gasteiger partial charge on any atom is 0.412 e. The highest BCUT2D eigenvalue weighted by Crippen LogP contribution is 2.18. The van der Waals surface area contributed by atoms with Gasteiger partial charge in [0.05, 0.1) is 7.11 Å². The fraction of sp³-hybridized carbons (Fsp3) is 0.412. The average molecular weight is 323 g/mol. The number of benzene rings is 1. The van der Waals surface area contributed by atoms with Gasteiger partial charge in [-0.15, -0.1) is 0 Å². The van der Waals surface area contributed by atoms with Gasteiger partial charge in [-0.25, -0.2) is 14.0 Å². The van der Waals surface area contributed by atoms with Crippen LogP contribution in [0.2, 0.25) is 0 Å². The Kier molecular flexibility index (Phi) is 5.90. The number of hydrogen-bond donors (Lipinski definition) is 1. The lowest BCUT2D eigenvalue weighted by molar-refractivity contribution is -0.136. The lowest BCUT2D eigenvalue weighted by Crippen LogP contribution is -2.34. The van der Waals surface area contributed by atoms with Crippen molar-refractivity contribution in [3.63, 3.8) is 0 Å². The summed E-state index contributed by atoms with van der Waals surface area (Å²) < 4.78 is 23.7. The number of esters is 1. The van der Waals surface area contributed by atoms with E-state index in [9.17, 15) is 14.0 Å². The molecule has 0 saturated heterocycles. The smallest absolute Gasteiger partial charge is 0.412 e. The molecule has 6 heteroatoms. The first-order valence-corrected chi connectivity index (χ1v) is 7.10. The minimum Gasteiger partial charge on any atom is -0.464 e. The molecule has 0 aliphatic heterocycles. The highest BCUT2D eigenvalue weighted by molar-refractivity contribution is 5.96. The van der Waals surface area contributed by atoms with Gasteiger partial charge in [-0.1, -0.05) is 0 Å². The van der Waals surface area contributed by atoms with Gasteiger partial charge in [0.25, 0.3) is 0 Å². The Morgan fingerprint density at radius 2 is 1.74 bits per heavy atom. The van der Waals surface area contributed by atoms with E-state index in [1.54, 1.807) is 33.8 Å². The van der Waals surface area contributed by atoms with Crippen LogP contribution in [0.4, 0.5) is 9.18 Å². The quantitative estimate of drug-likeness (QED) is 0.683. The van der Waals surface area contributed by atoms with Crippen LogP contribution in [0.1, 0.15) is 37.5 Å². The second-order valence-electron chi connectivity index (χ2n) is 6.13. The van der Waals surface area contributed by atoms with Crippen molar-refractivity contribution in [1.29, 1.82) is 0 Å². The van der Waals surface area contributed by atoms with E-state index >= 15 is 0 Å². The summed E-state index contributed by atoms with van der Waals surface area (Å²) in [5.41, 5.74) is 0.892. The van der Waals surface area contributed by atoms with E-state index in [-0.39, 0.29) is 11.3 Å². The van der Waals surface area contributed by atoms with Gasteiger partial charge < -0.3 is 9.47 Å². The Balaban J connectivity index is 3.15. The number of carbonyl (C=O) groups is 2. The Labute approximate surface area is 135 Å². The highest BCUT2D eigenvalue weighted by Gasteiger charge is 2.20. The number of ether oxygens (including phenoxy) is 2. The minimum atomic E-state index is -0.821. The number of halogens is 1. The first-order valence-electron chi connectivity index (χ1n) is 7.10. The van der Waals surface area contributed by atoms with Gasteiger partial charge >= 0.3 is 12.1 Å². The number of hydrogen-bond acceptors (Lipinski definition) is 4. The van der Waals surface area contributed by atoms with Crippen LogP contribution in [0.25, 0.3) is 6.08 Å². The number of amides is 1. The topological polar surface area (TPSA) is 64.6 Å². The van der Waals surface area contributed by atoms with E-state index in [4.69, 9.17) is 4.74 Å². The van der Waals surface area contributed by atoms with Gasteiger partial charge in [-0.2, -0.15) is 0 Å². The fourth-order valence-corrected chi connectivity index (χ4v) is 1.74. The largest absolute Gasteiger partial charge is 0.464 e. The normalized spacial score (nSPS) is 11.9. The maximum absolute atomic E-state index is 14.0. The van der Waals surface area contributed by atoms with E-state index in [0.717, 1.165) is 11.1 Å². The number of rotatable bonds is 3. The minimum absolute atomic E-state index is 0.171. The monoisotopic (exact) mass is 323 g/mol. The second-order valence-corrected chi connectivity index (χ2v) is 6.13. The average Bonchev–Trinajstić information content (AvgIpc) is 2.40. The van der Waals surface area contributed by atoms with Gasteiger partial charge in [0.2, 0.25) is 0 Å². The molecule has 0 atom stereocenters. The molecule has 126 valence electrons. The molecule has 1 aromatic rings. The summed E-state index contributed by atoms with van der Waals surface area (Å²) in [7, 11) is 1.17. The summed E-state index contributed by atoms with van der Waals surface area (Å²) in [5, 5.41) is 2.29. The van der Waals surface area contributed by atoms with Gasteiger partial charge in [-0.05, 0) is 64.0 Å². The molecule has 0 spiro atoms. The van der Waals surface area contributed by atoms with Crippen LogP contribution in [0.3, 0.4) is 0 Å². The van der Waals surface area contributed by atoms with Crippen molar-refractivity contribution >= 4 is 18.1 Å². The van der Waals surface area contributed by atoms with E-state index in [0.29, 0.717) is 0 Å². The molecule has 0 heterocycles. The van der Waals surface area contributed by atoms with Crippen LogP contribution in [0.5, 0.6) is 0 Å². The molecule has 0 aliphatic rings. The molecule has 1 N–H and O–H groups in total. The van der Waals surface area contributed by atoms with E-state index < -0.39 is 23.5 Å². The van der Waals surface area contributed by atoms with Crippen LogP contribution in [0, 0.1) is 19.7 Å². The summed E-state index contributed by atoms with van der Waals surface area (Å²) in [5.74, 6) is -1.30. The van der Waals surface area contributed by atoms with Crippen molar-refractivity contribution in [2.45, 2.75) is 40.2 Å².